The summed E-state index contributed by atoms with van der Waals surface area (Å²) in [7, 11) is 0. The zero-order valence-electron chi connectivity index (χ0n) is 12.1. The number of nitrogens with one attached hydrogen (secondary N) is 1. The van der Waals surface area contributed by atoms with Crippen molar-refractivity contribution in [2.75, 3.05) is 0 Å². The molecular weight excluding hydrogens is 259 g/mol. The zero-order chi connectivity index (χ0) is 15.0. The number of rotatable bonds is 3. The molecule has 3 N–H and O–H groups in total. The number of ether oxygens (including phenoxy) is 1. The van der Waals surface area contributed by atoms with E-state index in [1.807, 2.05) is 0 Å². The average Bonchev–Trinajstić information content (AvgIpc) is 3.06. The Kier molecular flexibility index (Phi) is 3.73. The van der Waals surface area contributed by atoms with Crippen molar-refractivity contribution < 1.29 is 13.9 Å². The Hall–Kier alpha value is -1.62. The second-order valence-electron chi connectivity index (χ2n) is 6.32. The Labute approximate surface area is 118 Å². The molecule has 1 aromatic carbocycles. The van der Waals surface area contributed by atoms with Crippen molar-refractivity contribution in [3.05, 3.63) is 35.6 Å². The summed E-state index contributed by atoms with van der Waals surface area (Å²) in [5.41, 5.74) is 5.79. The molecule has 0 saturated heterocycles. The van der Waals surface area contributed by atoms with Gasteiger partial charge in [0.2, 0.25) is 0 Å². The first-order valence-corrected chi connectivity index (χ1v) is 6.74. The van der Waals surface area contributed by atoms with Crippen LogP contribution in [0.15, 0.2) is 24.3 Å². The molecule has 2 rings (SSSR count). The molecule has 1 amide bonds. The quantitative estimate of drug-likeness (QED) is 0.894. The first kappa shape index (κ1) is 14.8. The molecule has 4 nitrogen and oxygen atoms in total. The Morgan fingerprint density at radius 1 is 1.45 bits per heavy atom. The van der Waals surface area contributed by atoms with Crippen molar-refractivity contribution in [1.29, 1.82) is 0 Å². The molecule has 5 heteroatoms. The van der Waals surface area contributed by atoms with E-state index in [2.05, 4.69) is 5.32 Å². The van der Waals surface area contributed by atoms with Crippen molar-refractivity contribution in [3.8, 4) is 0 Å². The summed E-state index contributed by atoms with van der Waals surface area (Å²) in [6.07, 6.45) is 1.05. The van der Waals surface area contributed by atoms with E-state index < -0.39 is 23.3 Å². The highest BCUT2D eigenvalue weighted by Crippen LogP contribution is 2.44. The summed E-state index contributed by atoms with van der Waals surface area (Å²) in [6.45, 7) is 5.41. The number of hydrogen-bond acceptors (Lipinski definition) is 3. The molecule has 1 saturated carbocycles. The molecule has 1 fully saturated rings. The fourth-order valence-corrected chi connectivity index (χ4v) is 2.17. The van der Waals surface area contributed by atoms with Crippen LogP contribution in [0.3, 0.4) is 0 Å². The van der Waals surface area contributed by atoms with Crippen molar-refractivity contribution in [2.24, 2.45) is 5.73 Å². The van der Waals surface area contributed by atoms with Crippen molar-refractivity contribution in [3.63, 3.8) is 0 Å². The van der Waals surface area contributed by atoms with Crippen LogP contribution in [0.1, 0.15) is 45.2 Å². The van der Waals surface area contributed by atoms with Gasteiger partial charge in [0.25, 0.3) is 0 Å². The number of benzene rings is 1. The lowest BCUT2D eigenvalue weighted by atomic mass is 9.98. The van der Waals surface area contributed by atoms with E-state index >= 15 is 0 Å². The Balaban J connectivity index is 2.06. The van der Waals surface area contributed by atoms with Crippen molar-refractivity contribution in [1.82, 2.24) is 5.32 Å². The van der Waals surface area contributed by atoms with Crippen LogP contribution in [0.2, 0.25) is 0 Å². The lowest BCUT2D eigenvalue weighted by molar-refractivity contribution is 0.0487. The average molecular weight is 280 g/mol. The van der Waals surface area contributed by atoms with Crippen LogP contribution in [-0.2, 0) is 4.74 Å². The molecule has 20 heavy (non-hydrogen) atoms. The first-order chi connectivity index (χ1) is 9.22. The highest BCUT2D eigenvalue weighted by atomic mass is 19.1. The summed E-state index contributed by atoms with van der Waals surface area (Å²) < 4.78 is 18.5. The van der Waals surface area contributed by atoms with Gasteiger partial charge in [-0.15, -0.1) is 0 Å². The molecule has 0 spiro atoms. The second-order valence-corrected chi connectivity index (χ2v) is 6.32. The van der Waals surface area contributed by atoms with Gasteiger partial charge in [-0.25, -0.2) is 9.18 Å². The summed E-state index contributed by atoms with van der Waals surface area (Å²) in [5, 5.41) is 2.83. The predicted molar refractivity (Wildman–Crippen MR) is 74.7 cm³/mol. The molecule has 1 aliphatic rings. The largest absolute Gasteiger partial charge is 0.444 e. The van der Waals surface area contributed by atoms with Gasteiger partial charge in [0.05, 0.1) is 11.6 Å². The van der Waals surface area contributed by atoms with E-state index in [0.29, 0.717) is 5.56 Å². The molecule has 0 heterocycles. The minimum Gasteiger partial charge on any atom is -0.444 e. The van der Waals surface area contributed by atoms with Crippen molar-refractivity contribution in [2.45, 2.75) is 50.8 Å². The molecule has 0 aromatic heterocycles. The normalized spacial score (nSPS) is 18.2. The van der Waals surface area contributed by atoms with Crippen LogP contribution < -0.4 is 11.1 Å². The standard InChI is InChI=1S/C15H21FN2O2/c1-14(2,3)20-13(19)18-15(7-8-15)12(17)10-5-4-6-11(16)9-10/h4-6,9,12H,7-8,17H2,1-3H3,(H,18,19). The number of amides is 1. The van der Waals surface area contributed by atoms with Gasteiger partial charge in [0.15, 0.2) is 0 Å². The molecule has 0 bridgehead atoms. The fourth-order valence-electron chi connectivity index (χ4n) is 2.17. The summed E-state index contributed by atoms with van der Waals surface area (Å²) >= 11 is 0. The molecule has 0 radical (unpaired) electrons. The van der Waals surface area contributed by atoms with Crippen molar-refractivity contribution >= 4 is 6.09 Å². The summed E-state index contributed by atoms with van der Waals surface area (Å²) in [4.78, 5) is 11.9. The van der Waals surface area contributed by atoms with Crippen LogP contribution >= 0.6 is 0 Å². The Morgan fingerprint density at radius 2 is 2.10 bits per heavy atom. The molecule has 1 aliphatic carbocycles. The van der Waals surface area contributed by atoms with E-state index in [1.54, 1.807) is 32.9 Å². The highest BCUT2D eigenvalue weighted by molar-refractivity contribution is 5.69. The number of alkyl carbamates (subject to hydrolysis) is 1. The maximum absolute atomic E-state index is 13.3. The van der Waals surface area contributed by atoms with Gasteiger partial charge in [-0.2, -0.15) is 0 Å². The Bertz CT molecular complexity index is 507. The van der Waals surface area contributed by atoms with Gasteiger partial charge < -0.3 is 15.8 Å². The maximum atomic E-state index is 13.3. The van der Waals surface area contributed by atoms with E-state index in [-0.39, 0.29) is 5.82 Å². The minimum atomic E-state index is -0.552. The summed E-state index contributed by atoms with van der Waals surface area (Å²) in [5.74, 6) is -0.328. The van der Waals surface area contributed by atoms with Gasteiger partial charge in [-0.3, -0.25) is 0 Å². The SMILES string of the molecule is CC(C)(C)OC(=O)NC1(C(N)c2cccc(F)c2)CC1. The monoisotopic (exact) mass is 280 g/mol. The van der Waals surface area contributed by atoms with E-state index in [0.717, 1.165) is 12.8 Å². The molecule has 0 aliphatic heterocycles. The van der Waals surface area contributed by atoms with Crippen LogP contribution in [-0.4, -0.2) is 17.2 Å². The smallest absolute Gasteiger partial charge is 0.408 e. The van der Waals surface area contributed by atoms with Crippen LogP contribution in [0.25, 0.3) is 0 Å². The lowest BCUT2D eigenvalue weighted by Crippen LogP contribution is -2.46. The van der Waals surface area contributed by atoms with Crippen LogP contribution in [0.4, 0.5) is 9.18 Å². The van der Waals surface area contributed by atoms with Crippen LogP contribution in [0.5, 0.6) is 0 Å². The predicted octanol–water partition coefficient (Wildman–Crippen LogP) is 2.88. The maximum Gasteiger partial charge on any atom is 0.408 e. The molecule has 110 valence electrons. The molecule has 1 atom stereocenters. The van der Waals surface area contributed by atoms with Gasteiger partial charge in [0, 0.05) is 0 Å². The van der Waals surface area contributed by atoms with Gasteiger partial charge in [-0.1, -0.05) is 12.1 Å². The molecule has 1 aromatic rings. The molecule has 1 unspecified atom stereocenters. The molecular formula is C15H21FN2O2. The summed E-state index contributed by atoms with van der Waals surface area (Å²) in [6, 6.07) is 5.72. The van der Waals surface area contributed by atoms with Gasteiger partial charge in [0.1, 0.15) is 11.4 Å². The lowest BCUT2D eigenvalue weighted by Gasteiger charge is -2.27. The third-order valence-corrected chi connectivity index (χ3v) is 3.34. The van der Waals surface area contributed by atoms with E-state index in [1.165, 1.54) is 12.1 Å². The first-order valence-electron chi connectivity index (χ1n) is 6.74. The van der Waals surface area contributed by atoms with E-state index in [4.69, 9.17) is 10.5 Å². The third-order valence-electron chi connectivity index (χ3n) is 3.34. The topological polar surface area (TPSA) is 64.3 Å². The second kappa shape index (κ2) is 5.05. The van der Waals surface area contributed by atoms with Crippen LogP contribution in [0, 0.1) is 5.82 Å². The fraction of sp³-hybridized carbons (Fsp3) is 0.533. The Morgan fingerprint density at radius 3 is 2.60 bits per heavy atom. The zero-order valence-corrected chi connectivity index (χ0v) is 12.1. The van der Waals surface area contributed by atoms with Gasteiger partial charge in [-0.05, 0) is 51.3 Å². The highest BCUT2D eigenvalue weighted by Gasteiger charge is 2.50. The number of carbonyl (C=O) groups excluding carboxylic acids is 1. The van der Waals surface area contributed by atoms with E-state index in [9.17, 15) is 9.18 Å². The minimum absolute atomic E-state index is 0.328. The number of nitrogens with two attached hydrogens (primary N) is 1. The van der Waals surface area contributed by atoms with Gasteiger partial charge >= 0.3 is 6.09 Å². The number of halogens is 1. The third kappa shape index (κ3) is 3.48. The number of hydrogen-bond donors (Lipinski definition) is 2. The number of carbonyl (C=O) groups is 1.